The predicted molar refractivity (Wildman–Crippen MR) is 103 cm³/mol. The molecule has 1 aliphatic heterocycles. The molecule has 1 aromatic heterocycles. The van der Waals surface area contributed by atoms with E-state index in [2.05, 4.69) is 22.2 Å². The molecule has 7 heteroatoms. The van der Waals surface area contributed by atoms with Gasteiger partial charge in [-0.25, -0.2) is 4.98 Å². The monoisotopic (exact) mass is 370 g/mol. The van der Waals surface area contributed by atoms with Crippen molar-refractivity contribution in [3.63, 3.8) is 0 Å². The van der Waals surface area contributed by atoms with Gasteiger partial charge in [0.25, 0.3) is 11.5 Å². The summed E-state index contributed by atoms with van der Waals surface area (Å²) in [6.45, 7) is 13.2. The Bertz CT molecular complexity index is 643. The van der Waals surface area contributed by atoms with E-state index in [1.807, 2.05) is 20.8 Å². The topological polar surface area (TPSA) is 78.1 Å². The molecule has 0 radical (unpaired) electrons. The van der Waals surface area contributed by atoms with Crippen LogP contribution in [0.1, 0.15) is 62.4 Å². The zero-order valence-corrected chi connectivity index (χ0v) is 16.8. The number of nitrogens with one attached hydrogen (secondary N) is 2. The van der Waals surface area contributed by atoms with Crippen LogP contribution in [0.2, 0.25) is 0 Å². The molecule has 142 valence electrons. The molecular formula is C18H31ClN4O2. The highest BCUT2D eigenvalue weighted by Gasteiger charge is 2.28. The quantitative estimate of drug-likeness (QED) is 0.852. The smallest absolute Gasteiger partial charge is 0.264 e. The van der Waals surface area contributed by atoms with Crippen molar-refractivity contribution < 1.29 is 4.79 Å². The number of aromatic nitrogens is 2. The minimum absolute atomic E-state index is 0. The number of hydrogen-bond donors (Lipinski definition) is 2. The molecule has 0 aromatic carbocycles. The van der Waals surface area contributed by atoms with Gasteiger partial charge in [0.2, 0.25) is 0 Å². The van der Waals surface area contributed by atoms with E-state index in [1.54, 1.807) is 11.8 Å². The van der Waals surface area contributed by atoms with Gasteiger partial charge in [0.15, 0.2) is 0 Å². The van der Waals surface area contributed by atoms with Crippen LogP contribution in [0.5, 0.6) is 0 Å². The number of rotatable bonds is 4. The largest absolute Gasteiger partial charge is 0.338 e. The third-order valence-corrected chi connectivity index (χ3v) is 4.61. The second kappa shape index (κ2) is 8.81. The number of amides is 1. The summed E-state index contributed by atoms with van der Waals surface area (Å²) in [6.07, 6.45) is 1.95. The van der Waals surface area contributed by atoms with Crippen LogP contribution < -0.4 is 10.9 Å². The second-order valence-corrected chi connectivity index (χ2v) is 7.67. The Hall–Kier alpha value is -1.40. The first-order chi connectivity index (χ1) is 11.2. The van der Waals surface area contributed by atoms with E-state index >= 15 is 0 Å². The maximum Gasteiger partial charge on any atom is 0.264 e. The van der Waals surface area contributed by atoms with E-state index in [9.17, 15) is 9.59 Å². The zero-order valence-electron chi connectivity index (χ0n) is 15.9. The molecule has 6 nitrogen and oxygen atoms in total. The summed E-state index contributed by atoms with van der Waals surface area (Å²) in [4.78, 5) is 34.3. The molecule has 0 atom stereocenters. The van der Waals surface area contributed by atoms with E-state index in [0.717, 1.165) is 25.9 Å². The highest BCUT2D eigenvalue weighted by molar-refractivity contribution is 5.94. The standard InChI is InChI=1S/C18H30N4O2.ClH/c1-6-19-11-13-7-9-22(10-8-13)16(24)14-12(2)20-17(18(3,4)5)21-15(14)23;/h13,19H,6-11H2,1-5H3,(H,20,21,23);1H. The molecule has 2 heterocycles. The lowest BCUT2D eigenvalue weighted by Gasteiger charge is -2.32. The van der Waals surface area contributed by atoms with Crippen LogP contribution in [0, 0.1) is 12.8 Å². The number of aromatic amines is 1. The molecule has 25 heavy (non-hydrogen) atoms. The Morgan fingerprint density at radius 1 is 1.32 bits per heavy atom. The van der Waals surface area contributed by atoms with Crippen molar-refractivity contribution in [1.82, 2.24) is 20.2 Å². The van der Waals surface area contributed by atoms with Crippen molar-refractivity contribution in [3.05, 3.63) is 27.4 Å². The summed E-state index contributed by atoms with van der Waals surface area (Å²) in [5, 5.41) is 3.36. The molecule has 1 fully saturated rings. The Kier molecular flexibility index (Phi) is 7.62. The average Bonchev–Trinajstić information content (AvgIpc) is 2.51. The van der Waals surface area contributed by atoms with Gasteiger partial charge in [-0.1, -0.05) is 27.7 Å². The lowest BCUT2D eigenvalue weighted by molar-refractivity contribution is 0.0687. The minimum atomic E-state index is -0.327. The summed E-state index contributed by atoms with van der Waals surface area (Å²) < 4.78 is 0. The molecule has 0 bridgehead atoms. The number of carbonyl (C=O) groups is 1. The number of likely N-dealkylation sites (tertiary alicyclic amines) is 1. The summed E-state index contributed by atoms with van der Waals surface area (Å²) in [7, 11) is 0. The molecule has 2 N–H and O–H groups in total. The third kappa shape index (κ3) is 5.28. The van der Waals surface area contributed by atoms with Gasteiger partial charge in [-0.15, -0.1) is 12.4 Å². The Labute approximate surface area is 156 Å². The van der Waals surface area contributed by atoms with Crippen molar-refractivity contribution in [3.8, 4) is 0 Å². The Morgan fingerprint density at radius 3 is 2.40 bits per heavy atom. The Balaban J connectivity index is 0.00000312. The molecular weight excluding hydrogens is 340 g/mol. The van der Waals surface area contributed by atoms with Crippen LogP contribution in [0.15, 0.2) is 4.79 Å². The van der Waals surface area contributed by atoms with Crippen LogP contribution in [0.25, 0.3) is 0 Å². The van der Waals surface area contributed by atoms with Gasteiger partial charge in [0.1, 0.15) is 11.4 Å². The first kappa shape index (κ1) is 21.6. The first-order valence-electron chi connectivity index (χ1n) is 8.85. The van der Waals surface area contributed by atoms with Gasteiger partial charge in [0.05, 0.1) is 5.69 Å². The van der Waals surface area contributed by atoms with Crippen molar-refractivity contribution in [2.75, 3.05) is 26.2 Å². The highest BCUT2D eigenvalue weighted by atomic mass is 35.5. The molecule has 1 aliphatic rings. The van der Waals surface area contributed by atoms with Crippen LogP contribution in [0.4, 0.5) is 0 Å². The number of carbonyl (C=O) groups excluding carboxylic acids is 1. The van der Waals surface area contributed by atoms with Gasteiger partial charge >= 0.3 is 0 Å². The van der Waals surface area contributed by atoms with Gasteiger partial charge in [-0.3, -0.25) is 9.59 Å². The SMILES string of the molecule is CCNCC1CCN(C(=O)c2c(C)nc(C(C)(C)C)[nH]c2=O)CC1.Cl. The average molecular weight is 371 g/mol. The van der Waals surface area contributed by atoms with E-state index in [4.69, 9.17) is 0 Å². The van der Waals surface area contributed by atoms with Crippen LogP contribution in [0.3, 0.4) is 0 Å². The molecule has 0 unspecified atom stereocenters. The molecule has 0 spiro atoms. The lowest BCUT2D eigenvalue weighted by atomic mass is 9.95. The first-order valence-corrected chi connectivity index (χ1v) is 8.85. The fourth-order valence-corrected chi connectivity index (χ4v) is 3.04. The van der Waals surface area contributed by atoms with Crippen LogP contribution in [-0.4, -0.2) is 47.0 Å². The van der Waals surface area contributed by atoms with Gasteiger partial charge in [-0.2, -0.15) is 0 Å². The molecule has 1 amide bonds. The minimum Gasteiger partial charge on any atom is -0.338 e. The van der Waals surface area contributed by atoms with Gasteiger partial charge < -0.3 is 15.2 Å². The van der Waals surface area contributed by atoms with Gasteiger partial charge in [0, 0.05) is 18.5 Å². The molecule has 1 aromatic rings. The fourth-order valence-electron chi connectivity index (χ4n) is 3.04. The van der Waals surface area contributed by atoms with E-state index < -0.39 is 0 Å². The van der Waals surface area contributed by atoms with Crippen LogP contribution in [-0.2, 0) is 5.41 Å². The van der Waals surface area contributed by atoms with E-state index in [0.29, 0.717) is 30.5 Å². The number of H-pyrrole nitrogens is 1. The number of hydrogen-bond acceptors (Lipinski definition) is 4. The second-order valence-electron chi connectivity index (χ2n) is 7.67. The Morgan fingerprint density at radius 2 is 1.92 bits per heavy atom. The number of halogens is 1. The number of piperidine rings is 1. The molecule has 1 saturated heterocycles. The van der Waals surface area contributed by atoms with Crippen molar-refractivity contribution in [2.24, 2.45) is 5.92 Å². The van der Waals surface area contributed by atoms with Crippen molar-refractivity contribution in [1.29, 1.82) is 0 Å². The molecule has 0 saturated carbocycles. The number of aryl methyl sites for hydroxylation is 1. The summed E-state index contributed by atoms with van der Waals surface area (Å²) in [5.74, 6) is 1.03. The maximum absolute atomic E-state index is 12.8. The molecule has 2 rings (SSSR count). The summed E-state index contributed by atoms with van der Waals surface area (Å²) >= 11 is 0. The third-order valence-electron chi connectivity index (χ3n) is 4.61. The van der Waals surface area contributed by atoms with E-state index in [1.165, 1.54) is 0 Å². The highest BCUT2D eigenvalue weighted by Crippen LogP contribution is 2.20. The summed E-state index contributed by atoms with van der Waals surface area (Å²) in [6, 6.07) is 0. The van der Waals surface area contributed by atoms with Crippen molar-refractivity contribution in [2.45, 2.75) is 52.9 Å². The lowest BCUT2D eigenvalue weighted by Crippen LogP contribution is -2.43. The normalized spacial score (nSPS) is 15.8. The molecule has 0 aliphatic carbocycles. The number of nitrogens with zero attached hydrogens (tertiary/aromatic N) is 2. The zero-order chi connectivity index (χ0) is 17.9. The fraction of sp³-hybridized carbons (Fsp3) is 0.722. The van der Waals surface area contributed by atoms with Crippen LogP contribution >= 0.6 is 12.4 Å². The maximum atomic E-state index is 12.8. The predicted octanol–water partition coefficient (Wildman–Crippen LogP) is 2.26. The van der Waals surface area contributed by atoms with Gasteiger partial charge in [-0.05, 0) is 38.8 Å². The summed E-state index contributed by atoms with van der Waals surface area (Å²) in [5.41, 5.74) is 0.125. The van der Waals surface area contributed by atoms with E-state index in [-0.39, 0.29) is 34.9 Å². The van der Waals surface area contributed by atoms with Crippen molar-refractivity contribution >= 4 is 18.3 Å².